The van der Waals surface area contributed by atoms with Crippen LogP contribution < -0.4 is 0 Å². The van der Waals surface area contributed by atoms with Crippen LogP contribution in [0.15, 0.2) is 0 Å². The first-order valence-electron chi connectivity index (χ1n) is 14.0. The zero-order valence-corrected chi connectivity index (χ0v) is 20.3. The average molecular weight is 421 g/mol. The quantitative estimate of drug-likeness (QED) is 0.163. The van der Waals surface area contributed by atoms with Gasteiger partial charge in [0.15, 0.2) is 0 Å². The molecule has 176 valence electrons. The van der Waals surface area contributed by atoms with Gasteiger partial charge >= 0.3 is 5.97 Å². The lowest BCUT2D eigenvalue weighted by Gasteiger charge is -2.28. The van der Waals surface area contributed by atoms with E-state index in [1.807, 2.05) is 0 Å². The molecule has 0 bridgehead atoms. The molecule has 2 heteroatoms. The van der Waals surface area contributed by atoms with Gasteiger partial charge in [-0.15, -0.1) is 0 Å². The molecule has 0 spiro atoms. The second-order valence-electron chi connectivity index (χ2n) is 10.4. The Morgan fingerprint density at radius 3 is 1.70 bits per heavy atom. The van der Waals surface area contributed by atoms with Crippen LogP contribution in [0.1, 0.15) is 148 Å². The smallest absolute Gasteiger partial charge is 0.309 e. The van der Waals surface area contributed by atoms with Crippen molar-refractivity contribution in [3.05, 3.63) is 0 Å². The van der Waals surface area contributed by atoms with Crippen LogP contribution in [0.2, 0.25) is 0 Å². The molecule has 0 radical (unpaired) electrons. The van der Waals surface area contributed by atoms with Gasteiger partial charge < -0.3 is 4.74 Å². The summed E-state index contributed by atoms with van der Waals surface area (Å²) in [5, 5.41) is 0. The highest BCUT2D eigenvalue weighted by atomic mass is 16.5. The fourth-order valence-electron chi connectivity index (χ4n) is 5.95. The molecule has 0 N–H and O–H groups in total. The van der Waals surface area contributed by atoms with Crippen molar-refractivity contribution in [2.75, 3.05) is 6.61 Å². The van der Waals surface area contributed by atoms with Gasteiger partial charge in [-0.2, -0.15) is 0 Å². The molecule has 2 aliphatic carbocycles. The molecule has 0 heterocycles. The molecule has 0 amide bonds. The zero-order valence-electron chi connectivity index (χ0n) is 20.3. The van der Waals surface area contributed by atoms with E-state index in [-0.39, 0.29) is 11.9 Å². The van der Waals surface area contributed by atoms with Gasteiger partial charge in [0.25, 0.3) is 0 Å². The van der Waals surface area contributed by atoms with E-state index in [1.165, 1.54) is 128 Å². The number of unbranched alkanes of at least 4 members (excludes halogenated alkanes) is 15. The molecule has 0 aromatic carbocycles. The van der Waals surface area contributed by atoms with Gasteiger partial charge in [-0.25, -0.2) is 0 Å². The molecular formula is C28H52O2. The summed E-state index contributed by atoms with van der Waals surface area (Å²) < 4.78 is 5.66. The Hall–Kier alpha value is -0.530. The standard InChI is InChI=1S/C28H52O2/c1-2-3-4-5-6-7-8-9-10-11-12-13-14-15-16-19-24-30-28(29)27-23-22-25-20-17-18-21-26(25)27/h25-27H,2-24H2,1H3. The number of fused-ring (bicyclic) bond motifs is 1. The Bertz CT molecular complexity index is 419. The Morgan fingerprint density at radius 2 is 1.13 bits per heavy atom. The van der Waals surface area contributed by atoms with E-state index in [2.05, 4.69) is 6.92 Å². The van der Waals surface area contributed by atoms with E-state index < -0.39 is 0 Å². The molecule has 30 heavy (non-hydrogen) atoms. The minimum atomic E-state index is 0.130. The first-order chi connectivity index (χ1) is 14.8. The van der Waals surface area contributed by atoms with E-state index >= 15 is 0 Å². The van der Waals surface area contributed by atoms with Crippen molar-refractivity contribution >= 4 is 5.97 Å². The zero-order chi connectivity index (χ0) is 21.3. The number of ether oxygens (including phenoxy) is 1. The van der Waals surface area contributed by atoms with Crippen LogP contribution in [0, 0.1) is 17.8 Å². The van der Waals surface area contributed by atoms with Crippen LogP contribution in [-0.4, -0.2) is 12.6 Å². The Labute approximate surface area is 188 Å². The summed E-state index contributed by atoms with van der Waals surface area (Å²) in [6.07, 6.45) is 29.8. The fraction of sp³-hybridized carbons (Fsp3) is 0.964. The summed E-state index contributed by atoms with van der Waals surface area (Å²) in [6, 6.07) is 0. The minimum absolute atomic E-state index is 0.130. The summed E-state index contributed by atoms with van der Waals surface area (Å²) >= 11 is 0. The first-order valence-corrected chi connectivity index (χ1v) is 14.0. The summed E-state index contributed by atoms with van der Waals surface area (Å²) in [4.78, 5) is 12.4. The monoisotopic (exact) mass is 420 g/mol. The highest BCUT2D eigenvalue weighted by Gasteiger charge is 2.41. The van der Waals surface area contributed by atoms with Gasteiger partial charge in [-0.3, -0.25) is 4.79 Å². The van der Waals surface area contributed by atoms with E-state index in [4.69, 9.17) is 4.74 Å². The predicted molar refractivity (Wildman–Crippen MR) is 129 cm³/mol. The summed E-state index contributed by atoms with van der Waals surface area (Å²) in [6.45, 7) is 2.95. The van der Waals surface area contributed by atoms with Crippen molar-refractivity contribution in [1.29, 1.82) is 0 Å². The van der Waals surface area contributed by atoms with E-state index in [1.54, 1.807) is 0 Å². The molecule has 0 aromatic rings. The molecule has 0 aliphatic heterocycles. The molecule has 0 saturated heterocycles. The molecule has 2 fully saturated rings. The predicted octanol–water partition coefficient (Wildman–Crippen LogP) is 9.01. The van der Waals surface area contributed by atoms with Crippen molar-refractivity contribution in [1.82, 2.24) is 0 Å². The van der Waals surface area contributed by atoms with Gasteiger partial charge in [0.2, 0.25) is 0 Å². The van der Waals surface area contributed by atoms with Gasteiger partial charge in [0.1, 0.15) is 0 Å². The molecule has 2 rings (SSSR count). The van der Waals surface area contributed by atoms with Crippen molar-refractivity contribution in [2.45, 2.75) is 148 Å². The molecule has 3 atom stereocenters. The van der Waals surface area contributed by atoms with E-state index in [9.17, 15) is 4.79 Å². The van der Waals surface area contributed by atoms with Gasteiger partial charge in [-0.05, 0) is 37.5 Å². The second-order valence-corrected chi connectivity index (χ2v) is 10.4. The topological polar surface area (TPSA) is 26.3 Å². The number of hydrogen-bond acceptors (Lipinski definition) is 2. The molecular weight excluding hydrogens is 368 g/mol. The van der Waals surface area contributed by atoms with Crippen LogP contribution in [0.5, 0.6) is 0 Å². The van der Waals surface area contributed by atoms with Crippen molar-refractivity contribution in [3.8, 4) is 0 Å². The molecule has 2 nitrogen and oxygen atoms in total. The average Bonchev–Trinajstić information content (AvgIpc) is 3.20. The van der Waals surface area contributed by atoms with Crippen molar-refractivity contribution in [3.63, 3.8) is 0 Å². The number of carbonyl (C=O) groups is 1. The molecule has 2 aliphatic rings. The van der Waals surface area contributed by atoms with Crippen molar-refractivity contribution < 1.29 is 9.53 Å². The maximum Gasteiger partial charge on any atom is 0.309 e. The third-order valence-electron chi connectivity index (χ3n) is 7.88. The summed E-state index contributed by atoms with van der Waals surface area (Å²) in [7, 11) is 0. The first kappa shape index (κ1) is 25.7. The highest BCUT2D eigenvalue weighted by molar-refractivity contribution is 5.73. The normalized spacial score (nSPS) is 23.4. The van der Waals surface area contributed by atoms with Gasteiger partial charge in [-0.1, -0.05) is 122 Å². The van der Waals surface area contributed by atoms with Crippen LogP contribution >= 0.6 is 0 Å². The van der Waals surface area contributed by atoms with Crippen LogP contribution in [0.3, 0.4) is 0 Å². The fourth-order valence-corrected chi connectivity index (χ4v) is 5.95. The van der Waals surface area contributed by atoms with Gasteiger partial charge in [0, 0.05) is 0 Å². The lowest BCUT2D eigenvalue weighted by atomic mass is 9.78. The summed E-state index contributed by atoms with van der Waals surface area (Å²) in [5.41, 5.74) is 0. The maximum absolute atomic E-state index is 12.4. The third kappa shape index (κ3) is 10.7. The van der Waals surface area contributed by atoms with Crippen LogP contribution in [-0.2, 0) is 9.53 Å². The third-order valence-corrected chi connectivity index (χ3v) is 7.88. The van der Waals surface area contributed by atoms with E-state index in [0.29, 0.717) is 12.5 Å². The Balaban J connectivity index is 1.30. The number of esters is 1. The highest BCUT2D eigenvalue weighted by Crippen LogP contribution is 2.46. The number of hydrogen-bond donors (Lipinski definition) is 0. The summed E-state index contributed by atoms with van der Waals surface area (Å²) in [5.74, 6) is 1.84. The lowest BCUT2D eigenvalue weighted by Crippen LogP contribution is -2.26. The number of carbonyl (C=O) groups excluding carboxylic acids is 1. The lowest BCUT2D eigenvalue weighted by molar-refractivity contribution is -0.150. The SMILES string of the molecule is CCCCCCCCCCCCCCCCCCOC(=O)C1CCC2CCCCC21. The largest absolute Gasteiger partial charge is 0.465 e. The maximum atomic E-state index is 12.4. The second kappa shape index (κ2) is 17.1. The van der Waals surface area contributed by atoms with Crippen LogP contribution in [0.25, 0.3) is 0 Å². The molecule has 0 aromatic heterocycles. The van der Waals surface area contributed by atoms with Crippen LogP contribution in [0.4, 0.5) is 0 Å². The van der Waals surface area contributed by atoms with E-state index in [0.717, 1.165) is 18.8 Å². The molecule has 2 saturated carbocycles. The Morgan fingerprint density at radius 1 is 0.633 bits per heavy atom. The van der Waals surface area contributed by atoms with Crippen molar-refractivity contribution in [2.24, 2.45) is 17.8 Å². The van der Waals surface area contributed by atoms with Gasteiger partial charge in [0.05, 0.1) is 12.5 Å². The Kier molecular flexibility index (Phi) is 14.6. The molecule has 3 unspecified atom stereocenters. The number of rotatable bonds is 18. The minimum Gasteiger partial charge on any atom is -0.465 e.